The molecule has 0 amide bonds. The molecule has 0 spiro atoms. The van der Waals surface area contributed by atoms with E-state index < -0.39 is 9.84 Å². The van der Waals surface area contributed by atoms with Crippen LogP contribution in [0.25, 0.3) is 0 Å². The largest absolute Gasteiger partial charge is 0.328 e. The molecule has 0 aromatic carbocycles. The highest BCUT2D eigenvalue weighted by molar-refractivity contribution is 7.90. The van der Waals surface area contributed by atoms with E-state index in [1.54, 1.807) is 0 Å². The Labute approximate surface area is 101 Å². The molecular formula is C12H27NO2S. The van der Waals surface area contributed by atoms with E-state index in [9.17, 15) is 8.42 Å². The van der Waals surface area contributed by atoms with Crippen molar-refractivity contribution >= 4 is 9.84 Å². The van der Waals surface area contributed by atoms with Crippen LogP contribution in [0.4, 0.5) is 0 Å². The summed E-state index contributed by atoms with van der Waals surface area (Å²) >= 11 is 0. The summed E-state index contributed by atoms with van der Waals surface area (Å²) in [6.45, 7) is 2.21. The molecule has 16 heavy (non-hydrogen) atoms. The second-order valence-corrected chi connectivity index (χ2v) is 6.99. The first-order chi connectivity index (χ1) is 7.45. The summed E-state index contributed by atoms with van der Waals surface area (Å²) in [5, 5.41) is 0. The lowest BCUT2D eigenvalue weighted by Crippen LogP contribution is -2.20. The van der Waals surface area contributed by atoms with E-state index >= 15 is 0 Å². The van der Waals surface area contributed by atoms with Gasteiger partial charge in [0.15, 0.2) is 0 Å². The Hall–Kier alpha value is -0.0900. The van der Waals surface area contributed by atoms with E-state index in [-0.39, 0.29) is 11.8 Å². The predicted molar refractivity (Wildman–Crippen MR) is 70.3 cm³/mol. The molecule has 0 aromatic rings. The first-order valence-corrected chi connectivity index (χ1v) is 8.45. The molecule has 0 saturated heterocycles. The van der Waals surface area contributed by atoms with E-state index in [0.29, 0.717) is 6.42 Å². The van der Waals surface area contributed by atoms with E-state index in [1.807, 2.05) is 0 Å². The summed E-state index contributed by atoms with van der Waals surface area (Å²) in [7, 11) is -2.81. The molecule has 1 unspecified atom stereocenters. The molecule has 0 fully saturated rings. The minimum absolute atomic E-state index is 0.184. The molecule has 4 heteroatoms. The topological polar surface area (TPSA) is 60.2 Å². The Morgan fingerprint density at radius 2 is 1.56 bits per heavy atom. The van der Waals surface area contributed by atoms with Crippen LogP contribution in [0.1, 0.15) is 58.3 Å². The molecule has 0 bridgehead atoms. The fourth-order valence-corrected chi connectivity index (χ4v) is 2.45. The van der Waals surface area contributed by atoms with Crippen LogP contribution in [0.3, 0.4) is 0 Å². The van der Waals surface area contributed by atoms with Gasteiger partial charge in [0.2, 0.25) is 0 Å². The fraction of sp³-hybridized carbons (Fsp3) is 1.00. The summed E-state index contributed by atoms with van der Waals surface area (Å²) in [4.78, 5) is 0. The van der Waals surface area contributed by atoms with Crippen LogP contribution in [-0.2, 0) is 9.84 Å². The van der Waals surface area contributed by atoms with E-state index in [1.165, 1.54) is 38.4 Å². The van der Waals surface area contributed by atoms with Gasteiger partial charge in [0, 0.05) is 18.1 Å². The SMILES string of the molecule is CCCCCCCC(N)CCCS(C)(=O)=O. The highest BCUT2D eigenvalue weighted by Crippen LogP contribution is 2.09. The smallest absolute Gasteiger partial charge is 0.147 e. The lowest BCUT2D eigenvalue weighted by Gasteiger charge is -2.10. The summed E-state index contributed by atoms with van der Waals surface area (Å²) < 4.78 is 21.8. The molecule has 0 radical (unpaired) electrons. The van der Waals surface area contributed by atoms with E-state index in [4.69, 9.17) is 5.73 Å². The predicted octanol–water partition coefficient (Wildman–Crippen LogP) is 2.50. The Kier molecular flexibility index (Phi) is 8.94. The van der Waals surface area contributed by atoms with Gasteiger partial charge in [-0.2, -0.15) is 0 Å². The minimum Gasteiger partial charge on any atom is -0.328 e. The van der Waals surface area contributed by atoms with Crippen LogP contribution < -0.4 is 5.73 Å². The van der Waals surface area contributed by atoms with E-state index in [2.05, 4.69) is 6.92 Å². The van der Waals surface area contributed by atoms with Crippen molar-refractivity contribution in [1.82, 2.24) is 0 Å². The van der Waals surface area contributed by atoms with Gasteiger partial charge in [-0.3, -0.25) is 0 Å². The number of hydrogen-bond acceptors (Lipinski definition) is 3. The molecule has 98 valence electrons. The maximum absolute atomic E-state index is 10.9. The summed E-state index contributed by atoms with van der Waals surface area (Å²) in [6, 6.07) is 0.184. The summed E-state index contributed by atoms with van der Waals surface area (Å²) in [5.74, 6) is 0.274. The van der Waals surface area contributed by atoms with Gasteiger partial charge in [-0.05, 0) is 19.3 Å². The number of hydrogen-bond donors (Lipinski definition) is 1. The molecule has 0 aromatic heterocycles. The maximum Gasteiger partial charge on any atom is 0.147 e. The lowest BCUT2D eigenvalue weighted by atomic mass is 10.0. The van der Waals surface area contributed by atoms with Crippen LogP contribution in [-0.4, -0.2) is 26.5 Å². The van der Waals surface area contributed by atoms with Gasteiger partial charge in [-0.1, -0.05) is 39.0 Å². The first kappa shape index (κ1) is 15.9. The maximum atomic E-state index is 10.9. The van der Waals surface area contributed by atoms with Gasteiger partial charge >= 0.3 is 0 Å². The van der Waals surface area contributed by atoms with Gasteiger partial charge in [0.05, 0.1) is 0 Å². The number of nitrogens with two attached hydrogens (primary N) is 1. The third-order valence-corrected chi connectivity index (χ3v) is 3.80. The van der Waals surface area contributed by atoms with Crippen molar-refractivity contribution in [2.75, 3.05) is 12.0 Å². The second kappa shape index (κ2) is 8.99. The third-order valence-electron chi connectivity index (χ3n) is 2.77. The van der Waals surface area contributed by atoms with Gasteiger partial charge in [0.25, 0.3) is 0 Å². The van der Waals surface area contributed by atoms with Crippen molar-refractivity contribution in [2.45, 2.75) is 64.3 Å². The normalized spacial score (nSPS) is 13.9. The summed E-state index contributed by atoms with van der Waals surface area (Å²) in [6.07, 6.45) is 10.2. The molecule has 3 nitrogen and oxygen atoms in total. The number of sulfone groups is 1. The van der Waals surface area contributed by atoms with Crippen LogP contribution in [0.5, 0.6) is 0 Å². The monoisotopic (exact) mass is 249 g/mol. The lowest BCUT2D eigenvalue weighted by molar-refractivity contribution is 0.510. The quantitative estimate of drug-likeness (QED) is 0.605. The zero-order chi connectivity index (χ0) is 12.4. The number of unbranched alkanes of at least 4 members (excludes halogenated alkanes) is 4. The van der Waals surface area contributed by atoms with Crippen LogP contribution in [0.2, 0.25) is 0 Å². The van der Waals surface area contributed by atoms with Crippen molar-refractivity contribution in [3.05, 3.63) is 0 Å². The molecule has 2 N–H and O–H groups in total. The molecule has 0 aliphatic heterocycles. The van der Waals surface area contributed by atoms with Gasteiger partial charge in [-0.25, -0.2) is 8.42 Å². The Morgan fingerprint density at radius 3 is 2.12 bits per heavy atom. The average Bonchev–Trinajstić information content (AvgIpc) is 2.15. The molecule has 0 aliphatic carbocycles. The Balaban J connectivity index is 3.34. The molecule has 0 aliphatic rings. The standard InChI is InChI=1S/C12H27NO2S/c1-3-4-5-6-7-9-12(13)10-8-11-16(2,14)15/h12H,3-11,13H2,1-2H3. The minimum atomic E-state index is -2.81. The van der Waals surface area contributed by atoms with Crippen molar-refractivity contribution in [3.63, 3.8) is 0 Å². The first-order valence-electron chi connectivity index (χ1n) is 6.39. The third kappa shape index (κ3) is 12.0. The van der Waals surface area contributed by atoms with Crippen LogP contribution in [0.15, 0.2) is 0 Å². The van der Waals surface area contributed by atoms with Crippen LogP contribution in [0, 0.1) is 0 Å². The van der Waals surface area contributed by atoms with Gasteiger partial charge in [0.1, 0.15) is 9.84 Å². The Morgan fingerprint density at radius 1 is 1.00 bits per heavy atom. The Bertz CT molecular complexity index is 250. The molecule has 0 saturated carbocycles. The highest BCUT2D eigenvalue weighted by Gasteiger charge is 2.06. The molecular weight excluding hydrogens is 222 g/mol. The zero-order valence-corrected chi connectivity index (χ0v) is 11.6. The summed E-state index contributed by atoms with van der Waals surface area (Å²) in [5.41, 5.74) is 5.92. The van der Waals surface area contributed by atoms with Gasteiger partial charge < -0.3 is 5.73 Å². The zero-order valence-electron chi connectivity index (χ0n) is 10.7. The van der Waals surface area contributed by atoms with Crippen LogP contribution >= 0.6 is 0 Å². The highest BCUT2D eigenvalue weighted by atomic mass is 32.2. The second-order valence-electron chi connectivity index (χ2n) is 4.74. The molecule has 0 heterocycles. The van der Waals surface area contributed by atoms with Crippen molar-refractivity contribution in [3.8, 4) is 0 Å². The van der Waals surface area contributed by atoms with Gasteiger partial charge in [-0.15, -0.1) is 0 Å². The van der Waals surface area contributed by atoms with Crippen molar-refractivity contribution in [1.29, 1.82) is 0 Å². The average molecular weight is 249 g/mol. The van der Waals surface area contributed by atoms with Crippen molar-refractivity contribution in [2.24, 2.45) is 5.73 Å². The number of rotatable bonds is 10. The van der Waals surface area contributed by atoms with Crippen molar-refractivity contribution < 1.29 is 8.42 Å². The molecule has 0 rings (SSSR count). The fourth-order valence-electron chi connectivity index (χ4n) is 1.76. The van der Waals surface area contributed by atoms with E-state index in [0.717, 1.165) is 12.8 Å². The molecule has 1 atom stereocenters.